The Labute approximate surface area is 64.9 Å². The quantitative estimate of drug-likeness (QED) is 0.505. The van der Waals surface area contributed by atoms with E-state index in [1.165, 1.54) is 12.5 Å². The molecule has 0 fully saturated rings. The summed E-state index contributed by atoms with van der Waals surface area (Å²) in [6.45, 7) is 8.49. The van der Waals surface area contributed by atoms with Crippen molar-refractivity contribution in [1.29, 1.82) is 0 Å². The highest BCUT2D eigenvalue weighted by atomic mass is 28.4. The molecule has 0 spiro atoms. The van der Waals surface area contributed by atoms with Crippen molar-refractivity contribution >= 4 is 8.32 Å². The molecule has 62 valence electrons. The largest absolute Gasteiger partial charge is 0.403 e. The van der Waals surface area contributed by atoms with Crippen molar-refractivity contribution in [3.05, 3.63) is 0 Å². The molecule has 2 N–H and O–H groups in total. The van der Waals surface area contributed by atoms with Gasteiger partial charge < -0.3 is 10.2 Å². The molecule has 0 saturated heterocycles. The van der Waals surface area contributed by atoms with Crippen LogP contribution < -0.4 is 5.73 Å². The summed E-state index contributed by atoms with van der Waals surface area (Å²) in [6.07, 6.45) is 1.11. The van der Waals surface area contributed by atoms with Crippen LogP contribution in [0.3, 0.4) is 0 Å². The molecule has 2 nitrogen and oxygen atoms in total. The van der Waals surface area contributed by atoms with E-state index in [4.69, 9.17) is 10.2 Å². The third kappa shape index (κ3) is 4.96. The van der Waals surface area contributed by atoms with E-state index in [2.05, 4.69) is 20.0 Å². The molecule has 0 rings (SSSR count). The fourth-order valence-corrected chi connectivity index (χ4v) is 3.49. The van der Waals surface area contributed by atoms with Crippen molar-refractivity contribution in [2.24, 2.45) is 5.73 Å². The minimum atomic E-state index is -1.39. The zero-order chi connectivity index (χ0) is 8.20. The smallest absolute Gasteiger partial charge is 0.188 e. The number of hydrogen-bond donors (Lipinski definition) is 1. The van der Waals surface area contributed by atoms with Crippen LogP contribution in [-0.4, -0.2) is 14.5 Å². The second-order valence-electron chi connectivity index (χ2n) is 3.33. The first kappa shape index (κ1) is 10.1. The summed E-state index contributed by atoms with van der Waals surface area (Å²) in [5.74, 6) is 0. The predicted molar refractivity (Wildman–Crippen MR) is 47.3 cm³/mol. The van der Waals surface area contributed by atoms with Crippen molar-refractivity contribution in [3.63, 3.8) is 0 Å². The van der Waals surface area contributed by atoms with Gasteiger partial charge in [-0.1, -0.05) is 13.3 Å². The van der Waals surface area contributed by atoms with Crippen LogP contribution in [0.4, 0.5) is 0 Å². The van der Waals surface area contributed by atoms with Gasteiger partial charge in [0.2, 0.25) is 0 Å². The van der Waals surface area contributed by atoms with Gasteiger partial charge in [0, 0.05) is 0 Å². The Morgan fingerprint density at radius 3 is 2.30 bits per heavy atom. The Kier molecular flexibility index (Phi) is 4.16. The Bertz CT molecular complexity index is 93.6. The molecule has 10 heavy (non-hydrogen) atoms. The van der Waals surface area contributed by atoms with Gasteiger partial charge in [0.1, 0.15) is 0 Å². The lowest BCUT2D eigenvalue weighted by Gasteiger charge is -2.24. The third-order valence-corrected chi connectivity index (χ3v) is 4.07. The maximum absolute atomic E-state index is 5.59. The van der Waals surface area contributed by atoms with Crippen LogP contribution in [0.15, 0.2) is 0 Å². The number of hydrogen-bond acceptors (Lipinski definition) is 2. The molecule has 1 unspecified atom stereocenters. The van der Waals surface area contributed by atoms with Crippen molar-refractivity contribution in [3.8, 4) is 0 Å². The molecular formula is C7H19NOSi. The van der Waals surface area contributed by atoms with Gasteiger partial charge in [0.05, 0.1) is 6.23 Å². The monoisotopic (exact) mass is 161 g/mol. The number of rotatable bonds is 4. The minimum Gasteiger partial charge on any atom is -0.403 e. The predicted octanol–water partition coefficient (Wildman–Crippen LogP) is 1.92. The Morgan fingerprint density at radius 2 is 2.00 bits per heavy atom. The lowest BCUT2D eigenvalue weighted by molar-refractivity contribution is 0.219. The van der Waals surface area contributed by atoms with E-state index in [1.54, 1.807) is 0 Å². The lowest BCUT2D eigenvalue weighted by Crippen LogP contribution is -2.37. The average Bonchev–Trinajstić information content (AvgIpc) is 1.59. The fourth-order valence-electron chi connectivity index (χ4n) is 1.16. The summed E-state index contributed by atoms with van der Waals surface area (Å²) < 4.78 is 5.59. The summed E-state index contributed by atoms with van der Waals surface area (Å²) in [6, 6.07) is 1.20. The molecule has 0 aliphatic rings. The summed E-state index contributed by atoms with van der Waals surface area (Å²) in [5.41, 5.74) is 5.52. The first-order chi connectivity index (χ1) is 4.48. The summed E-state index contributed by atoms with van der Waals surface area (Å²) in [7, 11) is -1.39. The van der Waals surface area contributed by atoms with Gasteiger partial charge in [0.25, 0.3) is 0 Å². The van der Waals surface area contributed by atoms with Crippen LogP contribution in [0.2, 0.25) is 19.1 Å². The molecule has 0 radical (unpaired) electrons. The van der Waals surface area contributed by atoms with E-state index in [0.717, 1.165) is 0 Å². The zero-order valence-electron chi connectivity index (χ0n) is 7.48. The highest BCUT2D eigenvalue weighted by Gasteiger charge is 2.21. The van der Waals surface area contributed by atoms with Crippen LogP contribution in [0.1, 0.15) is 20.3 Å². The summed E-state index contributed by atoms with van der Waals surface area (Å²) in [4.78, 5) is 0. The summed E-state index contributed by atoms with van der Waals surface area (Å²) >= 11 is 0. The maximum Gasteiger partial charge on any atom is 0.188 e. The molecule has 0 saturated carbocycles. The van der Waals surface area contributed by atoms with E-state index in [-0.39, 0.29) is 6.23 Å². The van der Waals surface area contributed by atoms with Crippen LogP contribution in [0.5, 0.6) is 0 Å². The highest BCUT2D eigenvalue weighted by Crippen LogP contribution is 2.13. The fraction of sp³-hybridized carbons (Fsp3) is 1.00. The van der Waals surface area contributed by atoms with Gasteiger partial charge in [0.15, 0.2) is 8.32 Å². The second kappa shape index (κ2) is 4.11. The van der Waals surface area contributed by atoms with Crippen LogP contribution in [-0.2, 0) is 4.43 Å². The standard InChI is InChI=1S/C7H19NOSi/c1-5-6-10(3,4)9-7(2)8/h7H,5-6,8H2,1-4H3. The van der Waals surface area contributed by atoms with E-state index >= 15 is 0 Å². The third-order valence-electron chi connectivity index (χ3n) is 1.36. The number of nitrogens with two attached hydrogens (primary N) is 1. The average molecular weight is 161 g/mol. The van der Waals surface area contributed by atoms with Gasteiger partial charge in [-0.05, 0) is 26.1 Å². The van der Waals surface area contributed by atoms with Gasteiger partial charge in [-0.25, -0.2) is 0 Å². The molecule has 1 atom stereocenters. The Hall–Kier alpha value is 0.137. The van der Waals surface area contributed by atoms with Crippen LogP contribution in [0, 0.1) is 0 Å². The molecule has 0 aliphatic carbocycles. The molecular weight excluding hydrogens is 142 g/mol. The highest BCUT2D eigenvalue weighted by molar-refractivity contribution is 6.71. The molecule has 0 aromatic carbocycles. The summed E-state index contributed by atoms with van der Waals surface area (Å²) in [5, 5.41) is 0. The molecule has 0 aromatic rings. The Morgan fingerprint density at radius 1 is 1.50 bits per heavy atom. The second-order valence-corrected chi connectivity index (χ2v) is 7.59. The SMILES string of the molecule is CCC[Si](C)(C)OC(C)N. The molecule has 3 heteroatoms. The van der Waals surface area contributed by atoms with Crippen molar-refractivity contribution in [1.82, 2.24) is 0 Å². The van der Waals surface area contributed by atoms with E-state index < -0.39 is 8.32 Å². The van der Waals surface area contributed by atoms with Crippen LogP contribution in [0.25, 0.3) is 0 Å². The first-order valence-corrected chi connectivity index (χ1v) is 7.03. The van der Waals surface area contributed by atoms with Gasteiger partial charge >= 0.3 is 0 Å². The van der Waals surface area contributed by atoms with Crippen molar-refractivity contribution < 1.29 is 4.43 Å². The van der Waals surface area contributed by atoms with Gasteiger partial charge in [-0.3, -0.25) is 0 Å². The lowest BCUT2D eigenvalue weighted by atomic mass is 10.6. The minimum absolute atomic E-state index is 0.0896. The van der Waals surface area contributed by atoms with Crippen LogP contribution >= 0.6 is 0 Å². The molecule has 0 amide bonds. The van der Waals surface area contributed by atoms with E-state index in [9.17, 15) is 0 Å². The first-order valence-electron chi connectivity index (χ1n) is 3.91. The molecule has 0 aliphatic heterocycles. The zero-order valence-corrected chi connectivity index (χ0v) is 8.48. The van der Waals surface area contributed by atoms with Gasteiger partial charge in [-0.15, -0.1) is 0 Å². The molecule has 0 heterocycles. The van der Waals surface area contributed by atoms with Gasteiger partial charge in [-0.2, -0.15) is 0 Å². The topological polar surface area (TPSA) is 35.2 Å². The van der Waals surface area contributed by atoms with Crippen molar-refractivity contribution in [2.45, 2.75) is 45.6 Å². The molecule has 0 bridgehead atoms. The van der Waals surface area contributed by atoms with Crippen molar-refractivity contribution in [2.75, 3.05) is 0 Å². The normalized spacial score (nSPS) is 15.3. The molecule has 0 aromatic heterocycles. The van der Waals surface area contributed by atoms with E-state index in [1.807, 2.05) is 6.92 Å². The Balaban J connectivity index is 3.63. The van der Waals surface area contributed by atoms with E-state index in [0.29, 0.717) is 0 Å². The maximum atomic E-state index is 5.59.